The maximum Gasteiger partial charge on any atom is 0.274 e. The highest BCUT2D eigenvalue weighted by Gasteiger charge is 2.24. The quantitative estimate of drug-likeness (QED) is 0.875. The number of pyridine rings is 1. The number of likely N-dealkylation sites (N-methyl/N-ethyl adjacent to an activating group) is 1. The summed E-state index contributed by atoms with van der Waals surface area (Å²) in [6.45, 7) is 3.61. The van der Waals surface area contributed by atoms with Crippen LogP contribution in [0.15, 0.2) is 29.6 Å². The van der Waals surface area contributed by atoms with Crippen LogP contribution in [0, 0.1) is 0 Å². The lowest BCUT2D eigenvalue weighted by Crippen LogP contribution is -2.39. The first-order valence-electron chi connectivity index (χ1n) is 6.32. The van der Waals surface area contributed by atoms with Crippen molar-refractivity contribution < 1.29 is 9.90 Å². The zero-order valence-corrected chi connectivity index (χ0v) is 12.9. The summed E-state index contributed by atoms with van der Waals surface area (Å²) in [5.74, 6) is -0.184. The molecular formula is C14H19N3O2S. The summed E-state index contributed by atoms with van der Waals surface area (Å²) in [6, 6.07) is 5.66. The van der Waals surface area contributed by atoms with Gasteiger partial charge in [-0.2, -0.15) is 0 Å². The molecule has 0 aliphatic carbocycles. The smallest absolute Gasteiger partial charge is 0.274 e. The maximum absolute atomic E-state index is 12.5. The molecule has 0 aliphatic heterocycles. The molecule has 0 saturated heterocycles. The largest absolute Gasteiger partial charge is 0.389 e. The van der Waals surface area contributed by atoms with E-state index in [2.05, 4.69) is 4.98 Å². The number of carbonyl (C=O) groups is 1. The van der Waals surface area contributed by atoms with Gasteiger partial charge in [-0.05, 0) is 32.2 Å². The van der Waals surface area contributed by atoms with E-state index in [4.69, 9.17) is 0 Å². The lowest BCUT2D eigenvalue weighted by molar-refractivity contribution is 0.0366. The van der Waals surface area contributed by atoms with Crippen LogP contribution in [0.1, 0.15) is 24.3 Å². The molecule has 2 heterocycles. The van der Waals surface area contributed by atoms with E-state index in [1.165, 1.54) is 16.7 Å². The molecule has 0 unspecified atom stereocenters. The van der Waals surface area contributed by atoms with E-state index in [1.54, 1.807) is 20.9 Å². The number of aromatic nitrogens is 2. The zero-order chi connectivity index (χ0) is 14.9. The minimum absolute atomic E-state index is 0.184. The van der Waals surface area contributed by atoms with Crippen molar-refractivity contribution in [3.05, 3.63) is 30.1 Å². The second-order valence-electron chi connectivity index (χ2n) is 5.38. The highest BCUT2D eigenvalue weighted by molar-refractivity contribution is 7.98. The molecule has 0 bridgehead atoms. The van der Waals surface area contributed by atoms with Crippen molar-refractivity contribution in [1.82, 2.24) is 14.3 Å². The number of thioether (sulfide) groups is 1. The molecule has 2 aromatic heterocycles. The third kappa shape index (κ3) is 2.96. The summed E-state index contributed by atoms with van der Waals surface area (Å²) in [5.41, 5.74) is 0.272. The lowest BCUT2D eigenvalue weighted by atomic mass is 10.1. The van der Waals surface area contributed by atoms with Gasteiger partial charge in [-0.15, -0.1) is 0 Å². The van der Waals surface area contributed by atoms with E-state index in [-0.39, 0.29) is 12.5 Å². The van der Waals surface area contributed by atoms with Crippen LogP contribution < -0.4 is 0 Å². The number of carbonyl (C=O) groups excluding carboxylic acids is 1. The second-order valence-corrected chi connectivity index (χ2v) is 6.15. The Morgan fingerprint density at radius 3 is 2.80 bits per heavy atom. The van der Waals surface area contributed by atoms with Crippen molar-refractivity contribution in [3.8, 4) is 0 Å². The molecule has 0 radical (unpaired) electrons. The number of imidazole rings is 1. The molecule has 20 heavy (non-hydrogen) atoms. The van der Waals surface area contributed by atoms with Gasteiger partial charge in [-0.3, -0.25) is 9.20 Å². The Hall–Kier alpha value is -1.53. The fraction of sp³-hybridized carbons (Fsp3) is 0.429. The van der Waals surface area contributed by atoms with Gasteiger partial charge in [0.2, 0.25) is 0 Å². The number of nitrogens with zero attached hydrogens (tertiary/aromatic N) is 3. The van der Waals surface area contributed by atoms with Crippen LogP contribution in [0.4, 0.5) is 0 Å². The van der Waals surface area contributed by atoms with Gasteiger partial charge >= 0.3 is 0 Å². The van der Waals surface area contributed by atoms with Gasteiger partial charge in [-0.1, -0.05) is 17.8 Å². The van der Waals surface area contributed by atoms with Crippen LogP contribution in [0.25, 0.3) is 5.52 Å². The van der Waals surface area contributed by atoms with Crippen LogP contribution >= 0.6 is 11.8 Å². The standard InChI is InChI=1S/C14H19N3O2S/c1-14(2,19)9-16(3)12(18)11-10-7-5-6-8-17(10)13(15-11)20-4/h5-8,19H,9H2,1-4H3. The van der Waals surface area contributed by atoms with Gasteiger partial charge in [0.05, 0.1) is 11.1 Å². The van der Waals surface area contributed by atoms with Gasteiger partial charge in [0, 0.05) is 19.8 Å². The van der Waals surface area contributed by atoms with E-state index < -0.39 is 5.60 Å². The van der Waals surface area contributed by atoms with E-state index >= 15 is 0 Å². The van der Waals surface area contributed by atoms with Crippen LogP contribution in [0.5, 0.6) is 0 Å². The Morgan fingerprint density at radius 1 is 1.50 bits per heavy atom. The predicted molar refractivity (Wildman–Crippen MR) is 80.2 cm³/mol. The first kappa shape index (κ1) is 14.9. The summed E-state index contributed by atoms with van der Waals surface area (Å²) in [7, 11) is 1.67. The Balaban J connectivity index is 2.40. The third-order valence-electron chi connectivity index (χ3n) is 2.87. The van der Waals surface area contributed by atoms with E-state index in [1.807, 2.05) is 35.1 Å². The Bertz CT molecular complexity index is 631. The van der Waals surface area contributed by atoms with Gasteiger partial charge < -0.3 is 10.0 Å². The molecule has 0 fully saturated rings. The molecule has 0 aliphatic rings. The van der Waals surface area contributed by atoms with Crippen LogP contribution in [0.3, 0.4) is 0 Å². The molecule has 5 nitrogen and oxygen atoms in total. The maximum atomic E-state index is 12.5. The minimum Gasteiger partial charge on any atom is -0.389 e. The molecule has 2 aromatic rings. The van der Waals surface area contributed by atoms with Crippen LogP contribution in [-0.4, -0.2) is 50.7 Å². The summed E-state index contributed by atoms with van der Waals surface area (Å²) in [5, 5.41) is 10.6. The van der Waals surface area contributed by atoms with Crippen molar-refractivity contribution in [3.63, 3.8) is 0 Å². The van der Waals surface area contributed by atoms with E-state index in [9.17, 15) is 9.90 Å². The van der Waals surface area contributed by atoms with Crippen LogP contribution in [0.2, 0.25) is 0 Å². The molecule has 0 saturated carbocycles. The third-order valence-corrected chi connectivity index (χ3v) is 3.53. The fourth-order valence-corrected chi connectivity index (χ4v) is 2.68. The van der Waals surface area contributed by atoms with E-state index in [0.29, 0.717) is 5.69 Å². The normalized spacial score (nSPS) is 11.8. The van der Waals surface area contributed by atoms with Crippen molar-refractivity contribution in [1.29, 1.82) is 0 Å². The Morgan fingerprint density at radius 2 is 2.20 bits per heavy atom. The average Bonchev–Trinajstić information content (AvgIpc) is 2.74. The summed E-state index contributed by atoms with van der Waals surface area (Å²) < 4.78 is 1.90. The number of fused-ring (bicyclic) bond motifs is 1. The summed E-state index contributed by atoms with van der Waals surface area (Å²) >= 11 is 1.49. The van der Waals surface area contributed by atoms with Gasteiger partial charge in [0.1, 0.15) is 0 Å². The topological polar surface area (TPSA) is 57.8 Å². The van der Waals surface area contributed by atoms with Crippen molar-refractivity contribution >= 4 is 23.2 Å². The van der Waals surface area contributed by atoms with Gasteiger partial charge in [0.25, 0.3) is 5.91 Å². The number of amides is 1. The highest BCUT2D eigenvalue weighted by Crippen LogP contribution is 2.21. The first-order valence-corrected chi connectivity index (χ1v) is 7.55. The SMILES string of the molecule is CSc1nc(C(=O)N(C)CC(C)(C)O)c2ccccn12. The molecule has 0 spiro atoms. The number of aliphatic hydroxyl groups is 1. The first-order chi connectivity index (χ1) is 9.33. The van der Waals surface area contributed by atoms with Crippen molar-refractivity contribution in [2.45, 2.75) is 24.6 Å². The van der Waals surface area contributed by atoms with Crippen LogP contribution in [-0.2, 0) is 0 Å². The second kappa shape index (κ2) is 5.46. The molecule has 2 rings (SSSR count). The molecular weight excluding hydrogens is 274 g/mol. The molecule has 108 valence electrons. The zero-order valence-electron chi connectivity index (χ0n) is 12.1. The number of rotatable bonds is 4. The van der Waals surface area contributed by atoms with Gasteiger partial charge in [0.15, 0.2) is 10.9 Å². The predicted octanol–water partition coefficient (Wildman–Crippen LogP) is 1.90. The molecule has 1 amide bonds. The summed E-state index contributed by atoms with van der Waals surface area (Å²) in [6.07, 6.45) is 3.82. The van der Waals surface area contributed by atoms with Crippen molar-refractivity contribution in [2.24, 2.45) is 0 Å². The average molecular weight is 293 g/mol. The fourth-order valence-electron chi connectivity index (χ4n) is 2.14. The molecule has 0 atom stereocenters. The minimum atomic E-state index is -0.928. The van der Waals surface area contributed by atoms with E-state index in [0.717, 1.165) is 10.7 Å². The number of hydrogen-bond donors (Lipinski definition) is 1. The summed E-state index contributed by atoms with van der Waals surface area (Å²) in [4.78, 5) is 18.4. The van der Waals surface area contributed by atoms with Gasteiger partial charge in [-0.25, -0.2) is 4.98 Å². The monoisotopic (exact) mass is 293 g/mol. The highest BCUT2D eigenvalue weighted by atomic mass is 32.2. The Labute approximate surface area is 122 Å². The molecule has 0 aromatic carbocycles. The number of hydrogen-bond acceptors (Lipinski definition) is 4. The van der Waals surface area contributed by atoms with Crippen molar-refractivity contribution in [2.75, 3.05) is 19.8 Å². The lowest BCUT2D eigenvalue weighted by Gasteiger charge is -2.25. The molecule has 6 heteroatoms. The Kier molecular flexibility index (Phi) is 4.06. The molecule has 1 N–H and O–H groups in total.